The SMILES string of the molecule is CC.CC(O)O.Cc1ccccc1CCCOS(N)(=O)=O. The van der Waals surface area contributed by atoms with E-state index in [4.69, 9.17) is 15.4 Å². The first-order valence-corrected chi connectivity index (χ1v) is 8.27. The summed E-state index contributed by atoms with van der Waals surface area (Å²) in [6.07, 6.45) is 0.267. The van der Waals surface area contributed by atoms with Gasteiger partial charge in [-0.05, 0) is 37.8 Å². The Hall–Kier alpha value is -0.990. The van der Waals surface area contributed by atoms with Crippen molar-refractivity contribution in [1.82, 2.24) is 0 Å². The van der Waals surface area contributed by atoms with Gasteiger partial charge >= 0.3 is 10.3 Å². The molecule has 0 aliphatic heterocycles. The number of rotatable bonds is 5. The van der Waals surface area contributed by atoms with Crippen molar-refractivity contribution < 1.29 is 22.8 Å². The van der Waals surface area contributed by atoms with Crippen LogP contribution in [-0.4, -0.2) is 31.5 Å². The van der Waals surface area contributed by atoms with Crippen molar-refractivity contribution in [3.8, 4) is 0 Å². The molecule has 6 nitrogen and oxygen atoms in total. The fourth-order valence-electron chi connectivity index (χ4n) is 1.33. The van der Waals surface area contributed by atoms with E-state index in [-0.39, 0.29) is 6.61 Å². The summed E-state index contributed by atoms with van der Waals surface area (Å²) in [5, 5.41) is 19.9. The van der Waals surface area contributed by atoms with Crippen molar-refractivity contribution >= 4 is 10.3 Å². The fourth-order valence-corrected chi connectivity index (χ4v) is 1.68. The first-order valence-electron chi connectivity index (χ1n) is 6.80. The number of hydrogen-bond donors (Lipinski definition) is 3. The molecule has 0 aliphatic rings. The molecular weight excluding hydrogens is 294 g/mol. The Morgan fingerprint density at radius 1 is 1.24 bits per heavy atom. The van der Waals surface area contributed by atoms with Gasteiger partial charge in [-0.3, -0.25) is 4.18 Å². The molecule has 0 spiro atoms. The van der Waals surface area contributed by atoms with Crippen molar-refractivity contribution in [2.24, 2.45) is 5.14 Å². The minimum atomic E-state index is -3.79. The summed E-state index contributed by atoms with van der Waals surface area (Å²) in [6, 6.07) is 7.98. The lowest BCUT2D eigenvalue weighted by Gasteiger charge is -2.04. The molecular formula is C14H27NO5S. The number of aliphatic hydroxyl groups is 2. The van der Waals surface area contributed by atoms with Crippen molar-refractivity contribution in [2.45, 2.75) is 46.8 Å². The van der Waals surface area contributed by atoms with Crippen LogP contribution in [0.25, 0.3) is 0 Å². The van der Waals surface area contributed by atoms with Crippen LogP contribution in [0.4, 0.5) is 0 Å². The Morgan fingerprint density at radius 3 is 2.14 bits per heavy atom. The zero-order valence-corrected chi connectivity index (χ0v) is 13.9. The van der Waals surface area contributed by atoms with E-state index in [1.807, 2.05) is 45.0 Å². The van der Waals surface area contributed by atoms with Crippen molar-refractivity contribution in [3.63, 3.8) is 0 Å². The molecule has 1 rings (SSSR count). The Morgan fingerprint density at radius 2 is 1.71 bits per heavy atom. The third kappa shape index (κ3) is 17.0. The molecule has 1 aromatic carbocycles. The molecule has 124 valence electrons. The normalized spacial score (nSPS) is 10.3. The van der Waals surface area contributed by atoms with E-state index in [0.29, 0.717) is 6.42 Å². The molecule has 0 heterocycles. The van der Waals surface area contributed by atoms with Gasteiger partial charge in [0.15, 0.2) is 0 Å². The highest BCUT2D eigenvalue weighted by atomic mass is 32.2. The topological polar surface area (TPSA) is 110 Å². The van der Waals surface area contributed by atoms with Crippen LogP contribution in [0.1, 0.15) is 38.3 Å². The molecule has 0 amide bonds. The molecule has 0 aromatic heterocycles. The Bertz CT molecular complexity index is 457. The second kappa shape index (κ2) is 12.7. The minimum Gasteiger partial charge on any atom is -0.368 e. The molecule has 0 radical (unpaired) electrons. The summed E-state index contributed by atoms with van der Waals surface area (Å²) in [7, 11) is -3.79. The van der Waals surface area contributed by atoms with Gasteiger partial charge in [0, 0.05) is 0 Å². The van der Waals surface area contributed by atoms with Crippen LogP contribution in [0.2, 0.25) is 0 Å². The Labute approximate surface area is 127 Å². The number of benzene rings is 1. The third-order valence-electron chi connectivity index (χ3n) is 2.10. The van der Waals surface area contributed by atoms with Crippen LogP contribution in [0.15, 0.2) is 24.3 Å². The van der Waals surface area contributed by atoms with E-state index in [1.165, 1.54) is 18.1 Å². The molecule has 0 aliphatic carbocycles. The van der Waals surface area contributed by atoms with Crippen LogP contribution in [0.5, 0.6) is 0 Å². The standard InChI is InChI=1S/C10H15NO3S.C2H6O2.C2H6/c1-9-5-2-3-6-10(9)7-4-8-14-15(11,12)13;1-2(3)4;1-2/h2-3,5-6H,4,7-8H2,1H3,(H2,11,12,13);2-4H,1H3;1-2H3. The van der Waals surface area contributed by atoms with E-state index in [9.17, 15) is 8.42 Å². The summed E-state index contributed by atoms with van der Waals surface area (Å²) in [5.74, 6) is 0. The van der Waals surface area contributed by atoms with E-state index >= 15 is 0 Å². The highest BCUT2D eigenvalue weighted by molar-refractivity contribution is 7.84. The first-order chi connectivity index (χ1) is 9.72. The van der Waals surface area contributed by atoms with Gasteiger partial charge < -0.3 is 10.2 Å². The zero-order valence-electron chi connectivity index (χ0n) is 13.1. The second-order valence-corrected chi connectivity index (χ2v) is 5.20. The van der Waals surface area contributed by atoms with Crippen molar-refractivity contribution in [2.75, 3.05) is 6.61 Å². The molecule has 7 heteroatoms. The summed E-state index contributed by atoms with van der Waals surface area (Å²) in [6.45, 7) is 7.43. The van der Waals surface area contributed by atoms with Gasteiger partial charge in [-0.2, -0.15) is 8.42 Å². The van der Waals surface area contributed by atoms with E-state index in [0.717, 1.165) is 6.42 Å². The fraction of sp³-hybridized carbons (Fsp3) is 0.571. The molecule has 21 heavy (non-hydrogen) atoms. The van der Waals surface area contributed by atoms with Crippen molar-refractivity contribution in [3.05, 3.63) is 35.4 Å². The monoisotopic (exact) mass is 321 g/mol. The smallest absolute Gasteiger partial charge is 0.333 e. The first kappa shape index (κ1) is 22.3. The number of aliphatic hydroxyl groups excluding tert-OH is 1. The lowest BCUT2D eigenvalue weighted by Crippen LogP contribution is -2.16. The van der Waals surface area contributed by atoms with Gasteiger partial charge in [-0.15, -0.1) is 0 Å². The van der Waals surface area contributed by atoms with E-state index in [2.05, 4.69) is 4.18 Å². The molecule has 0 atom stereocenters. The van der Waals surface area contributed by atoms with Gasteiger partial charge in [-0.1, -0.05) is 38.1 Å². The molecule has 0 fully saturated rings. The molecule has 0 unspecified atom stereocenters. The van der Waals surface area contributed by atoms with Crippen molar-refractivity contribution in [1.29, 1.82) is 0 Å². The Balaban J connectivity index is 0. The third-order valence-corrected chi connectivity index (χ3v) is 2.59. The van der Waals surface area contributed by atoms with E-state index < -0.39 is 16.6 Å². The zero-order chi connectivity index (χ0) is 16.9. The largest absolute Gasteiger partial charge is 0.368 e. The highest BCUT2D eigenvalue weighted by Crippen LogP contribution is 2.09. The average Bonchev–Trinajstić information content (AvgIpc) is 2.37. The average molecular weight is 321 g/mol. The Kier molecular flexibility index (Phi) is 13.5. The van der Waals surface area contributed by atoms with Crippen LogP contribution in [-0.2, 0) is 20.9 Å². The predicted molar refractivity (Wildman–Crippen MR) is 83.8 cm³/mol. The second-order valence-electron chi connectivity index (χ2n) is 3.98. The number of nitrogens with two attached hydrogens (primary N) is 1. The quantitative estimate of drug-likeness (QED) is 0.562. The predicted octanol–water partition coefficient (Wildman–Crippen LogP) is 1.49. The highest BCUT2D eigenvalue weighted by Gasteiger charge is 2.02. The van der Waals surface area contributed by atoms with Crippen LogP contribution < -0.4 is 5.14 Å². The summed E-state index contributed by atoms with van der Waals surface area (Å²) in [4.78, 5) is 0. The maximum absolute atomic E-state index is 10.5. The maximum atomic E-state index is 10.5. The molecule has 0 saturated heterocycles. The van der Waals surface area contributed by atoms with Gasteiger partial charge in [0.1, 0.15) is 6.29 Å². The van der Waals surface area contributed by atoms with Crippen LogP contribution in [0, 0.1) is 6.92 Å². The molecule has 0 saturated carbocycles. The lowest BCUT2D eigenvalue weighted by atomic mass is 10.0. The van der Waals surface area contributed by atoms with Crippen LogP contribution in [0.3, 0.4) is 0 Å². The van der Waals surface area contributed by atoms with E-state index in [1.54, 1.807) is 0 Å². The van der Waals surface area contributed by atoms with Gasteiger partial charge in [0.25, 0.3) is 0 Å². The van der Waals surface area contributed by atoms with Crippen LogP contribution >= 0.6 is 0 Å². The molecule has 1 aromatic rings. The minimum absolute atomic E-state index is 0.132. The van der Waals surface area contributed by atoms with Gasteiger partial charge in [0.2, 0.25) is 0 Å². The maximum Gasteiger partial charge on any atom is 0.333 e. The summed E-state index contributed by atoms with van der Waals surface area (Å²) in [5.41, 5.74) is 2.41. The van der Waals surface area contributed by atoms with Gasteiger partial charge in [0.05, 0.1) is 6.61 Å². The summed E-state index contributed by atoms with van der Waals surface area (Å²) < 4.78 is 25.4. The summed E-state index contributed by atoms with van der Waals surface area (Å²) >= 11 is 0. The number of hydrogen-bond acceptors (Lipinski definition) is 5. The molecule has 4 N–H and O–H groups in total. The lowest BCUT2D eigenvalue weighted by molar-refractivity contribution is -0.0228. The molecule has 0 bridgehead atoms. The van der Waals surface area contributed by atoms with Gasteiger partial charge in [-0.25, -0.2) is 5.14 Å². The number of aryl methyl sites for hydroxylation is 2.